The molecule has 2 aromatic rings. The molecule has 0 N–H and O–H groups in total. The average Bonchev–Trinajstić information content (AvgIpc) is 2.48. The molecule has 0 unspecified atom stereocenters. The van der Waals surface area contributed by atoms with Gasteiger partial charge in [0.1, 0.15) is 0 Å². The van der Waals surface area contributed by atoms with E-state index in [1.165, 1.54) is 25.3 Å². The van der Waals surface area contributed by atoms with Gasteiger partial charge in [0.25, 0.3) is 0 Å². The molecule has 0 aliphatic carbocycles. The molecular weight excluding hydrogens is 334 g/mol. The zero-order valence-corrected chi connectivity index (χ0v) is 12.6. The third-order valence-corrected chi connectivity index (χ3v) is 3.78. The van der Waals surface area contributed by atoms with Gasteiger partial charge >= 0.3 is 12.4 Å². The number of benzene rings is 2. The average molecular weight is 348 g/mol. The lowest BCUT2D eigenvalue weighted by Crippen LogP contribution is -2.55. The predicted octanol–water partition coefficient (Wildman–Crippen LogP) is 5.24. The topological polar surface area (TPSA) is 9.23 Å². The molecule has 0 aliphatic rings. The summed E-state index contributed by atoms with van der Waals surface area (Å²) in [7, 11) is 1.21. The summed E-state index contributed by atoms with van der Waals surface area (Å²) in [6.45, 7) is -0.364. The number of methoxy groups -OCH3 is 1. The Bertz CT molecular complexity index is 661. The van der Waals surface area contributed by atoms with Gasteiger partial charge in [-0.2, -0.15) is 26.3 Å². The van der Waals surface area contributed by atoms with E-state index in [2.05, 4.69) is 0 Å². The van der Waals surface area contributed by atoms with Gasteiger partial charge in [0, 0.05) is 7.11 Å². The molecule has 1 nitrogen and oxygen atoms in total. The van der Waals surface area contributed by atoms with Crippen molar-refractivity contribution in [1.82, 2.24) is 0 Å². The summed E-state index contributed by atoms with van der Waals surface area (Å²) in [5.74, 6) is 0. The second kappa shape index (κ2) is 6.47. The van der Waals surface area contributed by atoms with Gasteiger partial charge in [0.05, 0.1) is 6.61 Å². The molecule has 24 heavy (non-hydrogen) atoms. The molecule has 0 spiro atoms. The highest BCUT2D eigenvalue weighted by atomic mass is 19.4. The minimum absolute atomic E-state index is 0.168. The number of ether oxygens (including phenoxy) is 1. The molecule has 0 aliphatic heterocycles. The first kappa shape index (κ1) is 18.3. The first-order chi connectivity index (χ1) is 11.2. The van der Waals surface area contributed by atoms with Crippen molar-refractivity contribution >= 4 is 0 Å². The van der Waals surface area contributed by atoms with Gasteiger partial charge < -0.3 is 4.74 Å². The Kier molecular flexibility index (Phi) is 4.94. The van der Waals surface area contributed by atoms with Crippen LogP contribution in [0.15, 0.2) is 54.6 Å². The van der Waals surface area contributed by atoms with Crippen LogP contribution in [0.2, 0.25) is 0 Å². The smallest absolute Gasteiger partial charge is 0.380 e. The second-order valence-corrected chi connectivity index (χ2v) is 5.20. The van der Waals surface area contributed by atoms with Crippen LogP contribution in [-0.2, 0) is 16.8 Å². The summed E-state index contributed by atoms with van der Waals surface area (Å²) in [5, 5.41) is 0. The monoisotopic (exact) mass is 348 g/mol. The van der Waals surface area contributed by atoms with Crippen molar-refractivity contribution in [2.24, 2.45) is 0 Å². The van der Waals surface area contributed by atoms with Gasteiger partial charge in [0.2, 0.25) is 5.41 Å². The third-order valence-electron chi connectivity index (χ3n) is 3.78. The Hall–Kier alpha value is -2.02. The molecule has 0 amide bonds. The van der Waals surface area contributed by atoms with Crippen LogP contribution in [0.4, 0.5) is 26.3 Å². The summed E-state index contributed by atoms with van der Waals surface area (Å²) in [5.41, 5.74) is -6.05. The highest BCUT2D eigenvalue weighted by molar-refractivity contribution is 5.47. The lowest BCUT2D eigenvalue weighted by Gasteiger charge is -2.39. The lowest BCUT2D eigenvalue weighted by molar-refractivity contribution is -0.288. The number of hydrogen-bond donors (Lipinski definition) is 0. The van der Waals surface area contributed by atoms with Crippen LogP contribution >= 0.6 is 0 Å². The van der Waals surface area contributed by atoms with Crippen LogP contribution in [0.3, 0.4) is 0 Å². The van der Waals surface area contributed by atoms with Crippen molar-refractivity contribution in [3.8, 4) is 0 Å². The summed E-state index contributed by atoms with van der Waals surface area (Å²) < 4.78 is 88.2. The van der Waals surface area contributed by atoms with Crippen LogP contribution < -0.4 is 0 Å². The summed E-state index contributed by atoms with van der Waals surface area (Å²) in [6.07, 6.45) is -11.2. The molecule has 2 rings (SSSR count). The highest BCUT2D eigenvalue weighted by Crippen LogP contribution is 2.56. The van der Waals surface area contributed by atoms with E-state index in [1.54, 1.807) is 0 Å². The first-order valence-electron chi connectivity index (χ1n) is 6.92. The number of alkyl halides is 6. The van der Waals surface area contributed by atoms with E-state index in [0.29, 0.717) is 0 Å². The fourth-order valence-corrected chi connectivity index (χ4v) is 2.80. The van der Waals surface area contributed by atoms with E-state index in [9.17, 15) is 26.3 Å². The van der Waals surface area contributed by atoms with Gasteiger partial charge in [-0.25, -0.2) is 0 Å². The standard InChI is InChI=1S/C17H14F6O/c1-24-11-12-7-5-6-10-14(12)15(16(18,19)20,17(21,22)23)13-8-3-2-4-9-13/h2-10H,11H2,1H3. The number of hydrogen-bond acceptors (Lipinski definition) is 1. The molecule has 130 valence electrons. The van der Waals surface area contributed by atoms with Gasteiger partial charge in [-0.15, -0.1) is 0 Å². The molecule has 0 heterocycles. The molecule has 2 aromatic carbocycles. The molecule has 0 saturated carbocycles. The van der Waals surface area contributed by atoms with Crippen LogP contribution in [0.25, 0.3) is 0 Å². The molecule has 7 heteroatoms. The molecule has 0 aromatic heterocycles. The minimum Gasteiger partial charge on any atom is -0.380 e. The maximum atomic E-state index is 13.9. The largest absolute Gasteiger partial charge is 0.411 e. The number of rotatable bonds is 4. The lowest BCUT2D eigenvalue weighted by atomic mass is 9.71. The van der Waals surface area contributed by atoms with E-state index < -0.39 is 28.9 Å². The van der Waals surface area contributed by atoms with Gasteiger partial charge in [-0.05, 0) is 16.7 Å². The zero-order chi connectivity index (χ0) is 18.0. The fraction of sp³-hybridized carbons (Fsp3) is 0.294. The molecule has 0 fully saturated rings. The Morgan fingerprint density at radius 1 is 0.750 bits per heavy atom. The Balaban J connectivity index is 2.92. The predicted molar refractivity (Wildman–Crippen MR) is 76.5 cm³/mol. The first-order valence-corrected chi connectivity index (χ1v) is 6.92. The van der Waals surface area contributed by atoms with Crippen molar-refractivity contribution in [2.75, 3.05) is 7.11 Å². The highest BCUT2D eigenvalue weighted by Gasteiger charge is 2.72. The van der Waals surface area contributed by atoms with E-state index in [-0.39, 0.29) is 12.2 Å². The zero-order valence-electron chi connectivity index (χ0n) is 12.6. The molecule has 0 atom stereocenters. The fourth-order valence-electron chi connectivity index (χ4n) is 2.80. The van der Waals surface area contributed by atoms with Crippen LogP contribution in [0.1, 0.15) is 16.7 Å². The van der Waals surface area contributed by atoms with Gasteiger partial charge in [-0.1, -0.05) is 54.6 Å². The van der Waals surface area contributed by atoms with E-state index >= 15 is 0 Å². The van der Waals surface area contributed by atoms with Crippen LogP contribution in [0, 0.1) is 0 Å². The van der Waals surface area contributed by atoms with Crippen molar-refractivity contribution in [2.45, 2.75) is 24.4 Å². The second-order valence-electron chi connectivity index (χ2n) is 5.20. The Morgan fingerprint density at radius 2 is 1.25 bits per heavy atom. The normalized spacial score (nSPS) is 13.1. The van der Waals surface area contributed by atoms with E-state index in [1.807, 2.05) is 0 Å². The molecule has 0 bridgehead atoms. The van der Waals surface area contributed by atoms with Crippen LogP contribution in [0.5, 0.6) is 0 Å². The summed E-state index contributed by atoms with van der Waals surface area (Å²) in [6, 6.07) is 9.93. The van der Waals surface area contributed by atoms with Gasteiger partial charge in [0.15, 0.2) is 0 Å². The Morgan fingerprint density at radius 3 is 1.75 bits per heavy atom. The Labute approximate surface area is 134 Å². The van der Waals surface area contributed by atoms with E-state index in [0.717, 1.165) is 36.4 Å². The van der Waals surface area contributed by atoms with Crippen molar-refractivity contribution in [3.63, 3.8) is 0 Å². The molecule has 0 radical (unpaired) electrons. The SMILES string of the molecule is COCc1ccccc1C(c1ccccc1)(C(F)(F)F)C(F)(F)F. The maximum Gasteiger partial charge on any atom is 0.411 e. The van der Waals surface area contributed by atoms with Crippen molar-refractivity contribution in [1.29, 1.82) is 0 Å². The summed E-state index contributed by atoms with van der Waals surface area (Å²) >= 11 is 0. The van der Waals surface area contributed by atoms with Crippen molar-refractivity contribution in [3.05, 3.63) is 71.3 Å². The molecule has 0 saturated heterocycles. The number of halogens is 6. The quantitative estimate of drug-likeness (QED) is 0.686. The molecular formula is C17H14F6O. The maximum absolute atomic E-state index is 13.9. The van der Waals surface area contributed by atoms with Crippen LogP contribution in [-0.4, -0.2) is 19.5 Å². The summed E-state index contributed by atoms with van der Waals surface area (Å²) in [4.78, 5) is 0. The third kappa shape index (κ3) is 2.88. The minimum atomic E-state index is -5.59. The van der Waals surface area contributed by atoms with Gasteiger partial charge in [-0.3, -0.25) is 0 Å². The van der Waals surface area contributed by atoms with Crippen molar-refractivity contribution < 1.29 is 31.1 Å². The van der Waals surface area contributed by atoms with E-state index in [4.69, 9.17) is 4.74 Å².